The van der Waals surface area contributed by atoms with Gasteiger partial charge in [-0.2, -0.15) is 4.98 Å². The SMILES string of the molecule is CCCNc1nccc(N(CC(N)=O)C2CCCC2)n1. The molecule has 6 nitrogen and oxygen atoms in total. The van der Waals surface area contributed by atoms with E-state index in [-0.39, 0.29) is 12.5 Å². The molecule has 6 heteroatoms. The molecule has 20 heavy (non-hydrogen) atoms. The molecule has 3 N–H and O–H groups in total. The molecule has 2 rings (SSSR count). The molecule has 1 aliphatic carbocycles. The molecule has 1 amide bonds. The van der Waals surface area contributed by atoms with Crippen molar-refractivity contribution in [3.63, 3.8) is 0 Å². The van der Waals surface area contributed by atoms with Crippen LogP contribution in [-0.4, -0.2) is 35.0 Å². The van der Waals surface area contributed by atoms with Gasteiger partial charge in [0.25, 0.3) is 0 Å². The lowest BCUT2D eigenvalue weighted by molar-refractivity contribution is -0.116. The summed E-state index contributed by atoms with van der Waals surface area (Å²) in [4.78, 5) is 22.0. The topological polar surface area (TPSA) is 84.1 Å². The number of anilines is 2. The predicted molar refractivity (Wildman–Crippen MR) is 79.6 cm³/mol. The number of nitrogens with two attached hydrogens (primary N) is 1. The molecule has 1 fully saturated rings. The monoisotopic (exact) mass is 277 g/mol. The Morgan fingerprint density at radius 1 is 1.50 bits per heavy atom. The molecular weight excluding hydrogens is 254 g/mol. The van der Waals surface area contributed by atoms with Crippen LogP contribution in [0.15, 0.2) is 12.3 Å². The summed E-state index contributed by atoms with van der Waals surface area (Å²) in [5.41, 5.74) is 5.38. The molecule has 110 valence electrons. The highest BCUT2D eigenvalue weighted by atomic mass is 16.1. The Kier molecular flexibility index (Phi) is 5.15. The quantitative estimate of drug-likeness (QED) is 0.789. The fraction of sp³-hybridized carbons (Fsp3) is 0.643. The molecule has 0 saturated heterocycles. The smallest absolute Gasteiger partial charge is 0.237 e. The van der Waals surface area contributed by atoms with Crippen LogP contribution >= 0.6 is 0 Å². The lowest BCUT2D eigenvalue weighted by atomic mass is 10.2. The number of rotatable bonds is 7. The van der Waals surface area contributed by atoms with Gasteiger partial charge in [0.1, 0.15) is 5.82 Å². The highest BCUT2D eigenvalue weighted by Crippen LogP contribution is 2.27. The predicted octanol–water partition coefficient (Wildman–Crippen LogP) is 1.53. The van der Waals surface area contributed by atoms with Gasteiger partial charge in [0.05, 0.1) is 6.54 Å². The second-order valence-corrected chi connectivity index (χ2v) is 5.20. The number of primary amides is 1. The number of hydrogen-bond acceptors (Lipinski definition) is 5. The van der Waals surface area contributed by atoms with Crippen molar-refractivity contribution in [2.45, 2.75) is 45.1 Å². The zero-order valence-electron chi connectivity index (χ0n) is 12.0. The molecule has 0 aliphatic heterocycles. The van der Waals surface area contributed by atoms with Crippen molar-refractivity contribution in [3.05, 3.63) is 12.3 Å². The van der Waals surface area contributed by atoms with E-state index in [1.54, 1.807) is 6.20 Å². The van der Waals surface area contributed by atoms with E-state index in [1.807, 2.05) is 11.0 Å². The number of carbonyl (C=O) groups excluding carboxylic acids is 1. The van der Waals surface area contributed by atoms with Gasteiger partial charge in [-0.3, -0.25) is 4.79 Å². The third kappa shape index (κ3) is 3.82. The second kappa shape index (κ2) is 7.07. The number of carbonyl (C=O) groups is 1. The maximum absolute atomic E-state index is 11.3. The average Bonchev–Trinajstić information content (AvgIpc) is 2.96. The van der Waals surface area contributed by atoms with Crippen LogP contribution in [0.2, 0.25) is 0 Å². The van der Waals surface area contributed by atoms with Crippen LogP contribution in [0, 0.1) is 0 Å². The lowest BCUT2D eigenvalue weighted by Crippen LogP contribution is -2.40. The summed E-state index contributed by atoms with van der Waals surface area (Å²) in [7, 11) is 0. The van der Waals surface area contributed by atoms with E-state index < -0.39 is 0 Å². The molecule has 1 aliphatic rings. The van der Waals surface area contributed by atoms with Gasteiger partial charge in [-0.15, -0.1) is 0 Å². The molecule has 0 atom stereocenters. The van der Waals surface area contributed by atoms with Crippen LogP contribution in [0.1, 0.15) is 39.0 Å². The zero-order valence-corrected chi connectivity index (χ0v) is 12.0. The maximum atomic E-state index is 11.3. The first kappa shape index (κ1) is 14.6. The largest absolute Gasteiger partial charge is 0.368 e. The zero-order chi connectivity index (χ0) is 14.4. The number of aromatic nitrogens is 2. The van der Waals surface area contributed by atoms with Gasteiger partial charge in [0.2, 0.25) is 11.9 Å². The van der Waals surface area contributed by atoms with Crippen LogP contribution in [0.3, 0.4) is 0 Å². The third-order valence-corrected chi connectivity index (χ3v) is 3.56. The molecule has 0 spiro atoms. The molecule has 0 radical (unpaired) electrons. The molecule has 0 unspecified atom stereocenters. The molecule has 1 aromatic rings. The van der Waals surface area contributed by atoms with E-state index in [2.05, 4.69) is 22.2 Å². The van der Waals surface area contributed by atoms with Crippen molar-refractivity contribution in [2.24, 2.45) is 5.73 Å². The minimum atomic E-state index is -0.321. The Morgan fingerprint density at radius 2 is 2.25 bits per heavy atom. The lowest BCUT2D eigenvalue weighted by Gasteiger charge is -2.28. The van der Waals surface area contributed by atoms with Crippen LogP contribution in [0.5, 0.6) is 0 Å². The van der Waals surface area contributed by atoms with Crippen molar-refractivity contribution >= 4 is 17.7 Å². The molecule has 1 saturated carbocycles. The van der Waals surface area contributed by atoms with Gasteiger partial charge in [0.15, 0.2) is 0 Å². The molecule has 1 heterocycles. The molecule has 1 aromatic heterocycles. The average molecular weight is 277 g/mol. The van der Waals surface area contributed by atoms with Gasteiger partial charge in [-0.25, -0.2) is 4.98 Å². The van der Waals surface area contributed by atoms with Crippen LogP contribution in [0.25, 0.3) is 0 Å². The van der Waals surface area contributed by atoms with E-state index in [1.165, 1.54) is 12.8 Å². The normalized spacial score (nSPS) is 15.2. The fourth-order valence-electron chi connectivity index (χ4n) is 2.61. The van der Waals surface area contributed by atoms with Gasteiger partial charge in [-0.1, -0.05) is 19.8 Å². The third-order valence-electron chi connectivity index (χ3n) is 3.56. The first-order chi connectivity index (χ1) is 9.70. The summed E-state index contributed by atoms with van der Waals surface area (Å²) < 4.78 is 0. The summed E-state index contributed by atoms with van der Waals surface area (Å²) in [5.74, 6) is 1.07. The van der Waals surface area contributed by atoms with Crippen LogP contribution in [-0.2, 0) is 4.79 Å². The molecular formula is C14H23N5O. The number of amides is 1. The molecule has 0 bridgehead atoms. The van der Waals surface area contributed by atoms with Crippen molar-refractivity contribution in [3.8, 4) is 0 Å². The van der Waals surface area contributed by atoms with Crippen molar-refractivity contribution < 1.29 is 4.79 Å². The highest BCUT2D eigenvalue weighted by Gasteiger charge is 2.25. The van der Waals surface area contributed by atoms with E-state index in [9.17, 15) is 4.79 Å². The maximum Gasteiger partial charge on any atom is 0.237 e. The standard InChI is InChI=1S/C14H23N5O/c1-2-8-16-14-17-9-7-13(18-14)19(10-12(15)20)11-5-3-4-6-11/h7,9,11H,2-6,8,10H2,1H3,(H2,15,20)(H,16,17,18). The minimum Gasteiger partial charge on any atom is -0.368 e. The Hall–Kier alpha value is -1.85. The second-order valence-electron chi connectivity index (χ2n) is 5.20. The Morgan fingerprint density at radius 3 is 2.90 bits per heavy atom. The van der Waals surface area contributed by atoms with Gasteiger partial charge < -0.3 is 16.0 Å². The van der Waals surface area contributed by atoms with E-state index in [4.69, 9.17) is 5.73 Å². The first-order valence-electron chi connectivity index (χ1n) is 7.32. The summed E-state index contributed by atoms with van der Waals surface area (Å²) in [6.07, 6.45) is 7.33. The van der Waals surface area contributed by atoms with Crippen LogP contribution in [0.4, 0.5) is 11.8 Å². The van der Waals surface area contributed by atoms with E-state index >= 15 is 0 Å². The van der Waals surface area contributed by atoms with E-state index in [0.717, 1.165) is 31.6 Å². The Labute approximate surface area is 119 Å². The van der Waals surface area contributed by atoms with E-state index in [0.29, 0.717) is 12.0 Å². The molecule has 0 aromatic carbocycles. The van der Waals surface area contributed by atoms with Gasteiger partial charge >= 0.3 is 0 Å². The van der Waals surface area contributed by atoms with Crippen molar-refractivity contribution in [1.29, 1.82) is 0 Å². The summed E-state index contributed by atoms with van der Waals surface area (Å²) >= 11 is 0. The van der Waals surface area contributed by atoms with Gasteiger partial charge in [-0.05, 0) is 25.3 Å². The minimum absolute atomic E-state index is 0.217. The van der Waals surface area contributed by atoms with Crippen molar-refractivity contribution in [1.82, 2.24) is 9.97 Å². The number of hydrogen-bond donors (Lipinski definition) is 2. The Balaban J connectivity index is 2.16. The number of nitrogens with one attached hydrogen (secondary N) is 1. The first-order valence-corrected chi connectivity index (χ1v) is 7.32. The number of nitrogens with zero attached hydrogens (tertiary/aromatic N) is 3. The summed E-state index contributed by atoms with van der Waals surface area (Å²) in [5, 5.41) is 3.17. The Bertz CT molecular complexity index is 445. The highest BCUT2D eigenvalue weighted by molar-refractivity contribution is 5.79. The summed E-state index contributed by atoms with van der Waals surface area (Å²) in [6, 6.07) is 2.20. The summed E-state index contributed by atoms with van der Waals surface area (Å²) in [6.45, 7) is 3.15. The fourth-order valence-corrected chi connectivity index (χ4v) is 2.61. The van der Waals surface area contributed by atoms with Crippen molar-refractivity contribution in [2.75, 3.05) is 23.3 Å². The van der Waals surface area contributed by atoms with Gasteiger partial charge in [0, 0.05) is 18.8 Å². The van der Waals surface area contributed by atoms with Crippen LogP contribution < -0.4 is 16.0 Å².